The molecule has 19 heavy (non-hydrogen) atoms. The van der Waals surface area contributed by atoms with Gasteiger partial charge in [-0.05, 0) is 35.2 Å². The monoisotopic (exact) mass is 270 g/mol. The molecule has 0 bridgehead atoms. The number of hydrogen-bond acceptors (Lipinski definition) is 2. The summed E-state index contributed by atoms with van der Waals surface area (Å²) in [7, 11) is 0. The minimum atomic E-state index is -0.296. The van der Waals surface area contributed by atoms with Gasteiger partial charge in [-0.25, -0.2) is 4.79 Å². The van der Waals surface area contributed by atoms with Crippen LogP contribution in [0.2, 0.25) is 5.02 Å². The molecule has 0 amide bonds. The number of benzene rings is 2. The van der Waals surface area contributed by atoms with Crippen LogP contribution in [0.15, 0.2) is 63.8 Å². The van der Waals surface area contributed by atoms with E-state index in [0.29, 0.717) is 22.6 Å². The van der Waals surface area contributed by atoms with E-state index in [1.165, 1.54) is 0 Å². The van der Waals surface area contributed by atoms with Gasteiger partial charge >= 0.3 is 5.63 Å². The maximum atomic E-state index is 11.9. The van der Waals surface area contributed by atoms with E-state index in [-0.39, 0.29) is 5.63 Å². The van der Waals surface area contributed by atoms with Gasteiger partial charge in [0.15, 0.2) is 0 Å². The predicted molar refractivity (Wildman–Crippen MR) is 76.7 cm³/mol. The molecule has 0 aliphatic carbocycles. The van der Waals surface area contributed by atoms with Gasteiger partial charge < -0.3 is 4.42 Å². The van der Waals surface area contributed by atoms with Crippen LogP contribution in [0.25, 0.3) is 10.8 Å². The first-order valence-electron chi connectivity index (χ1n) is 5.98. The molecule has 0 radical (unpaired) electrons. The first kappa shape index (κ1) is 12.0. The van der Waals surface area contributed by atoms with Crippen molar-refractivity contribution in [1.82, 2.24) is 0 Å². The molecule has 0 aliphatic heterocycles. The minimum absolute atomic E-state index is 0.296. The zero-order valence-corrected chi connectivity index (χ0v) is 10.9. The molecule has 3 rings (SSSR count). The number of hydrogen-bond donors (Lipinski definition) is 0. The first-order chi connectivity index (χ1) is 9.22. The highest BCUT2D eigenvalue weighted by molar-refractivity contribution is 6.30. The van der Waals surface area contributed by atoms with E-state index in [0.717, 1.165) is 10.9 Å². The molecule has 0 spiro atoms. The van der Waals surface area contributed by atoms with Crippen LogP contribution in [0.3, 0.4) is 0 Å². The molecule has 0 unspecified atom stereocenters. The van der Waals surface area contributed by atoms with Crippen LogP contribution >= 0.6 is 11.6 Å². The Hall–Kier alpha value is -2.06. The Labute approximate surface area is 115 Å². The molecule has 0 saturated heterocycles. The summed E-state index contributed by atoms with van der Waals surface area (Å²) >= 11 is 5.95. The Kier molecular flexibility index (Phi) is 3.10. The molecular formula is C16H11ClO2. The maximum absolute atomic E-state index is 11.9. The van der Waals surface area contributed by atoms with Crippen LogP contribution in [-0.4, -0.2) is 0 Å². The Bertz CT molecular complexity index is 790. The first-order valence-corrected chi connectivity index (χ1v) is 6.36. The molecule has 2 nitrogen and oxygen atoms in total. The third kappa shape index (κ3) is 2.54. The van der Waals surface area contributed by atoms with Crippen LogP contribution in [0.5, 0.6) is 0 Å². The maximum Gasteiger partial charge on any atom is 0.343 e. The van der Waals surface area contributed by atoms with Crippen molar-refractivity contribution in [1.29, 1.82) is 0 Å². The topological polar surface area (TPSA) is 30.2 Å². The molecule has 0 N–H and O–H groups in total. The van der Waals surface area contributed by atoms with Gasteiger partial charge in [-0.15, -0.1) is 0 Å². The molecule has 94 valence electrons. The fraction of sp³-hybridized carbons (Fsp3) is 0.0625. The molecule has 3 heteroatoms. The van der Waals surface area contributed by atoms with Crippen molar-refractivity contribution >= 4 is 22.4 Å². The lowest BCUT2D eigenvalue weighted by molar-refractivity contribution is 0.476. The lowest BCUT2D eigenvalue weighted by Gasteiger charge is -2.03. The fourth-order valence-electron chi connectivity index (χ4n) is 2.12. The smallest absolute Gasteiger partial charge is 0.343 e. The second-order valence-electron chi connectivity index (χ2n) is 4.39. The van der Waals surface area contributed by atoms with Crippen LogP contribution in [0.1, 0.15) is 11.3 Å². The average molecular weight is 271 g/mol. The zero-order valence-electron chi connectivity index (χ0n) is 10.1. The summed E-state index contributed by atoms with van der Waals surface area (Å²) in [5.74, 6) is 0.644. The molecule has 1 heterocycles. The number of fused-ring (bicyclic) bond motifs is 1. The van der Waals surface area contributed by atoms with E-state index in [9.17, 15) is 4.79 Å². The third-order valence-electron chi connectivity index (χ3n) is 2.99. The van der Waals surface area contributed by atoms with Crippen molar-refractivity contribution in [3.05, 3.63) is 81.4 Å². The van der Waals surface area contributed by atoms with Crippen LogP contribution in [-0.2, 0) is 6.42 Å². The summed E-state index contributed by atoms with van der Waals surface area (Å²) < 4.78 is 5.34. The van der Waals surface area contributed by atoms with Gasteiger partial charge in [-0.2, -0.15) is 0 Å². The van der Waals surface area contributed by atoms with E-state index in [1.807, 2.05) is 48.5 Å². The Morgan fingerprint density at radius 2 is 1.84 bits per heavy atom. The summed E-state index contributed by atoms with van der Waals surface area (Å²) in [6.07, 6.45) is 0.556. The molecule has 0 saturated carbocycles. The second kappa shape index (κ2) is 4.90. The summed E-state index contributed by atoms with van der Waals surface area (Å²) in [6, 6.07) is 16.9. The molecule has 1 aromatic heterocycles. The summed E-state index contributed by atoms with van der Waals surface area (Å²) in [5, 5.41) is 2.19. The molecule has 3 aromatic rings. The molecule has 0 aliphatic rings. The second-order valence-corrected chi connectivity index (χ2v) is 4.83. The zero-order chi connectivity index (χ0) is 13.2. The molecule has 0 fully saturated rings. The Balaban J connectivity index is 2.04. The molecule has 2 aromatic carbocycles. The van der Waals surface area contributed by atoms with Crippen molar-refractivity contribution < 1.29 is 4.42 Å². The number of halogens is 1. The van der Waals surface area contributed by atoms with Gasteiger partial charge in [0.2, 0.25) is 0 Å². The van der Waals surface area contributed by atoms with Crippen molar-refractivity contribution in [3.63, 3.8) is 0 Å². The van der Waals surface area contributed by atoms with Crippen molar-refractivity contribution in [2.24, 2.45) is 0 Å². The summed E-state index contributed by atoms with van der Waals surface area (Å²) in [4.78, 5) is 11.9. The van der Waals surface area contributed by atoms with Gasteiger partial charge in [-0.3, -0.25) is 0 Å². The van der Waals surface area contributed by atoms with E-state index >= 15 is 0 Å². The standard InChI is InChI=1S/C16H11ClO2/c17-13-6-3-4-11(8-13)9-14-10-12-5-1-2-7-15(12)16(18)19-14/h1-8,10H,9H2. The van der Waals surface area contributed by atoms with Crippen molar-refractivity contribution in [2.75, 3.05) is 0 Å². The number of rotatable bonds is 2. The van der Waals surface area contributed by atoms with E-state index in [2.05, 4.69) is 0 Å². The Morgan fingerprint density at radius 1 is 1.00 bits per heavy atom. The van der Waals surface area contributed by atoms with E-state index < -0.39 is 0 Å². The summed E-state index contributed by atoms with van der Waals surface area (Å²) in [5.41, 5.74) is 0.723. The van der Waals surface area contributed by atoms with Crippen LogP contribution < -0.4 is 5.63 Å². The largest absolute Gasteiger partial charge is 0.427 e. The van der Waals surface area contributed by atoms with Gasteiger partial charge in [0.25, 0.3) is 0 Å². The lowest BCUT2D eigenvalue weighted by atomic mass is 10.1. The fourth-order valence-corrected chi connectivity index (χ4v) is 2.33. The van der Waals surface area contributed by atoms with Crippen molar-refractivity contribution in [2.45, 2.75) is 6.42 Å². The SMILES string of the molecule is O=c1oc(Cc2cccc(Cl)c2)cc2ccccc12. The highest BCUT2D eigenvalue weighted by atomic mass is 35.5. The van der Waals surface area contributed by atoms with Gasteiger partial charge in [0.1, 0.15) is 5.76 Å². The minimum Gasteiger partial charge on any atom is -0.427 e. The quantitative estimate of drug-likeness (QED) is 0.703. The van der Waals surface area contributed by atoms with Crippen LogP contribution in [0.4, 0.5) is 0 Å². The molecule has 0 atom stereocenters. The highest BCUT2D eigenvalue weighted by Crippen LogP contribution is 2.17. The van der Waals surface area contributed by atoms with Gasteiger partial charge in [0, 0.05) is 11.4 Å². The lowest BCUT2D eigenvalue weighted by Crippen LogP contribution is -2.02. The normalized spacial score (nSPS) is 10.8. The summed E-state index contributed by atoms with van der Waals surface area (Å²) in [6.45, 7) is 0. The van der Waals surface area contributed by atoms with Crippen molar-refractivity contribution in [3.8, 4) is 0 Å². The third-order valence-corrected chi connectivity index (χ3v) is 3.22. The average Bonchev–Trinajstić information content (AvgIpc) is 2.39. The highest BCUT2D eigenvalue weighted by Gasteiger charge is 2.05. The van der Waals surface area contributed by atoms with E-state index in [1.54, 1.807) is 6.07 Å². The molecular weight excluding hydrogens is 260 g/mol. The van der Waals surface area contributed by atoms with Gasteiger partial charge in [-0.1, -0.05) is 41.9 Å². The van der Waals surface area contributed by atoms with Gasteiger partial charge in [0.05, 0.1) is 5.39 Å². The van der Waals surface area contributed by atoms with E-state index in [4.69, 9.17) is 16.0 Å². The predicted octanol–water partition coefficient (Wildman–Crippen LogP) is 4.04. The van der Waals surface area contributed by atoms with Crippen LogP contribution in [0, 0.1) is 0 Å². The Morgan fingerprint density at radius 3 is 2.68 bits per heavy atom.